The molecule has 1 aliphatic rings. The van der Waals surface area contributed by atoms with E-state index >= 15 is 0 Å². The first kappa shape index (κ1) is 11.1. The molecule has 1 aliphatic heterocycles. The molecule has 0 bridgehead atoms. The number of para-hydroxylation sites is 1. The Balaban J connectivity index is 2.33. The molecular weight excluding hydrogens is 223 g/mol. The van der Waals surface area contributed by atoms with Crippen molar-refractivity contribution in [1.82, 2.24) is 0 Å². The molecule has 16 heavy (non-hydrogen) atoms. The van der Waals surface area contributed by atoms with Gasteiger partial charge >= 0.3 is 6.29 Å². The predicted molar refractivity (Wildman–Crippen MR) is 50.2 cm³/mol. The Morgan fingerprint density at radius 3 is 2.75 bits per heavy atom. The van der Waals surface area contributed by atoms with Crippen LogP contribution in [0, 0.1) is 0 Å². The van der Waals surface area contributed by atoms with Crippen LogP contribution >= 0.6 is 0 Å². The van der Waals surface area contributed by atoms with Crippen LogP contribution in [0.15, 0.2) is 18.2 Å². The summed E-state index contributed by atoms with van der Waals surface area (Å²) in [7, 11) is 0. The zero-order valence-electron chi connectivity index (χ0n) is 8.25. The maximum absolute atomic E-state index is 12.8. The number of fused-ring (bicyclic) bond motifs is 1. The molecule has 0 saturated carbocycles. The third-order valence-electron chi connectivity index (χ3n) is 2.28. The molecule has 0 aliphatic carbocycles. The summed E-state index contributed by atoms with van der Waals surface area (Å²) in [5.41, 5.74) is 5.97. The van der Waals surface area contributed by atoms with Gasteiger partial charge in [-0.3, -0.25) is 4.39 Å². The second kappa shape index (κ2) is 3.86. The SMILES string of the molecule is N[C@H](CCF)c1cccc2c1OC(F)(F)O2. The van der Waals surface area contributed by atoms with Gasteiger partial charge in [-0.25, -0.2) is 0 Å². The van der Waals surface area contributed by atoms with Gasteiger partial charge in [0.05, 0.1) is 6.67 Å². The first-order valence-electron chi connectivity index (χ1n) is 4.74. The molecule has 0 radical (unpaired) electrons. The summed E-state index contributed by atoms with van der Waals surface area (Å²) in [5, 5.41) is 0. The highest BCUT2D eigenvalue weighted by Gasteiger charge is 2.44. The highest BCUT2D eigenvalue weighted by Crippen LogP contribution is 2.45. The fourth-order valence-electron chi connectivity index (χ4n) is 1.56. The molecule has 88 valence electrons. The number of hydrogen-bond donors (Lipinski definition) is 1. The first-order valence-corrected chi connectivity index (χ1v) is 4.74. The van der Waals surface area contributed by atoms with E-state index in [2.05, 4.69) is 9.47 Å². The lowest BCUT2D eigenvalue weighted by molar-refractivity contribution is -0.287. The molecule has 2 rings (SSSR count). The van der Waals surface area contributed by atoms with Gasteiger partial charge in [0.25, 0.3) is 0 Å². The molecule has 1 atom stereocenters. The highest BCUT2D eigenvalue weighted by atomic mass is 19.3. The summed E-state index contributed by atoms with van der Waals surface area (Å²) < 4.78 is 46.3. The minimum atomic E-state index is -3.67. The molecule has 0 saturated heterocycles. The van der Waals surface area contributed by atoms with E-state index in [1.54, 1.807) is 0 Å². The molecule has 1 aromatic rings. The molecule has 0 amide bonds. The summed E-state index contributed by atoms with van der Waals surface area (Å²) in [4.78, 5) is 0. The Kier molecular flexibility index (Phi) is 2.67. The first-order chi connectivity index (χ1) is 7.53. The topological polar surface area (TPSA) is 44.5 Å². The van der Waals surface area contributed by atoms with E-state index in [0.29, 0.717) is 5.56 Å². The molecule has 1 heterocycles. The van der Waals surface area contributed by atoms with Crippen LogP contribution in [0.3, 0.4) is 0 Å². The van der Waals surface area contributed by atoms with Crippen molar-refractivity contribution in [2.45, 2.75) is 18.8 Å². The summed E-state index contributed by atoms with van der Waals surface area (Å²) in [6.07, 6.45) is -3.63. The van der Waals surface area contributed by atoms with Crippen molar-refractivity contribution in [3.8, 4) is 11.5 Å². The molecule has 0 fully saturated rings. The van der Waals surface area contributed by atoms with Gasteiger partial charge in [-0.15, -0.1) is 8.78 Å². The van der Waals surface area contributed by atoms with Gasteiger partial charge in [0.2, 0.25) is 0 Å². The summed E-state index contributed by atoms with van der Waals surface area (Å²) >= 11 is 0. The average Bonchev–Trinajstić information content (AvgIpc) is 2.51. The van der Waals surface area contributed by atoms with Gasteiger partial charge in [0.15, 0.2) is 11.5 Å². The van der Waals surface area contributed by atoms with Crippen molar-refractivity contribution >= 4 is 0 Å². The van der Waals surface area contributed by atoms with Crippen LogP contribution in [0.4, 0.5) is 13.2 Å². The fraction of sp³-hybridized carbons (Fsp3) is 0.400. The van der Waals surface area contributed by atoms with E-state index in [-0.39, 0.29) is 17.9 Å². The number of halogens is 3. The van der Waals surface area contributed by atoms with Crippen LogP contribution in [-0.4, -0.2) is 13.0 Å². The highest BCUT2D eigenvalue weighted by molar-refractivity contribution is 5.50. The van der Waals surface area contributed by atoms with Gasteiger partial charge in [0, 0.05) is 11.6 Å². The summed E-state index contributed by atoms with van der Waals surface area (Å²) in [6, 6.07) is 3.69. The second-order valence-corrected chi connectivity index (χ2v) is 3.43. The molecule has 6 heteroatoms. The van der Waals surface area contributed by atoms with Crippen LogP contribution < -0.4 is 15.2 Å². The van der Waals surface area contributed by atoms with E-state index in [1.165, 1.54) is 18.2 Å². The minimum absolute atomic E-state index is 0.0470. The van der Waals surface area contributed by atoms with Crippen LogP contribution in [0.1, 0.15) is 18.0 Å². The molecule has 1 aromatic carbocycles. The zero-order chi connectivity index (χ0) is 11.8. The zero-order valence-corrected chi connectivity index (χ0v) is 8.25. The smallest absolute Gasteiger partial charge is 0.395 e. The van der Waals surface area contributed by atoms with E-state index in [1.807, 2.05) is 0 Å². The molecule has 3 nitrogen and oxygen atoms in total. The Hall–Kier alpha value is -1.43. The number of hydrogen-bond acceptors (Lipinski definition) is 3. The summed E-state index contributed by atoms with van der Waals surface area (Å²) in [6.45, 7) is -0.623. The summed E-state index contributed by atoms with van der Waals surface area (Å²) in [5.74, 6) is -0.176. The lowest BCUT2D eigenvalue weighted by Crippen LogP contribution is -2.26. The molecule has 2 N–H and O–H groups in total. The van der Waals surface area contributed by atoms with Gasteiger partial charge in [0.1, 0.15) is 0 Å². The van der Waals surface area contributed by atoms with E-state index in [9.17, 15) is 13.2 Å². The van der Waals surface area contributed by atoms with Crippen molar-refractivity contribution in [3.05, 3.63) is 23.8 Å². The lowest BCUT2D eigenvalue weighted by atomic mass is 10.0. The number of rotatable bonds is 3. The predicted octanol–water partition coefficient (Wildman–Crippen LogP) is 2.37. The monoisotopic (exact) mass is 233 g/mol. The van der Waals surface area contributed by atoms with Crippen molar-refractivity contribution in [2.24, 2.45) is 5.73 Å². The van der Waals surface area contributed by atoms with Crippen molar-refractivity contribution in [2.75, 3.05) is 6.67 Å². The van der Waals surface area contributed by atoms with Gasteiger partial charge in [-0.05, 0) is 12.5 Å². The largest absolute Gasteiger partial charge is 0.586 e. The van der Waals surface area contributed by atoms with Crippen LogP contribution in [0.25, 0.3) is 0 Å². The van der Waals surface area contributed by atoms with Crippen molar-refractivity contribution in [1.29, 1.82) is 0 Å². The Morgan fingerprint density at radius 2 is 2.06 bits per heavy atom. The maximum atomic E-state index is 12.8. The van der Waals surface area contributed by atoms with Crippen molar-refractivity contribution < 1.29 is 22.6 Å². The minimum Gasteiger partial charge on any atom is -0.395 e. The van der Waals surface area contributed by atoms with E-state index in [4.69, 9.17) is 5.73 Å². The normalized spacial score (nSPS) is 18.5. The number of ether oxygens (including phenoxy) is 2. The quantitative estimate of drug-likeness (QED) is 0.871. The number of alkyl halides is 3. The van der Waals surface area contributed by atoms with Crippen LogP contribution in [0.2, 0.25) is 0 Å². The van der Waals surface area contributed by atoms with Crippen LogP contribution in [0.5, 0.6) is 11.5 Å². The van der Waals surface area contributed by atoms with Crippen LogP contribution in [-0.2, 0) is 0 Å². The third-order valence-corrected chi connectivity index (χ3v) is 2.28. The molecule has 0 aromatic heterocycles. The third kappa shape index (κ3) is 1.92. The Morgan fingerprint density at radius 1 is 1.31 bits per heavy atom. The fourth-order valence-corrected chi connectivity index (χ4v) is 1.56. The van der Waals surface area contributed by atoms with Gasteiger partial charge < -0.3 is 15.2 Å². The van der Waals surface area contributed by atoms with Gasteiger partial charge in [-0.1, -0.05) is 12.1 Å². The standard InChI is InChI=1S/C10H10F3NO2/c11-5-4-7(14)6-2-1-3-8-9(6)16-10(12,13)15-8/h1-3,7H,4-5,14H2/t7-/m1/s1. The average molecular weight is 233 g/mol. The van der Waals surface area contributed by atoms with E-state index in [0.717, 1.165) is 0 Å². The second-order valence-electron chi connectivity index (χ2n) is 3.43. The lowest BCUT2D eigenvalue weighted by Gasteiger charge is -2.12. The van der Waals surface area contributed by atoms with Crippen molar-refractivity contribution in [3.63, 3.8) is 0 Å². The molecular formula is C10H10F3NO2. The Labute approximate surface area is 89.9 Å². The Bertz CT molecular complexity index is 398. The molecule has 0 spiro atoms. The number of nitrogens with two attached hydrogens (primary N) is 1. The number of benzene rings is 1. The van der Waals surface area contributed by atoms with Gasteiger partial charge in [-0.2, -0.15) is 0 Å². The maximum Gasteiger partial charge on any atom is 0.586 e. The van der Waals surface area contributed by atoms with E-state index < -0.39 is 19.0 Å². The molecule has 0 unspecified atom stereocenters.